The normalized spacial score (nSPS) is 24.0. The van der Waals surface area contributed by atoms with E-state index in [0.29, 0.717) is 6.04 Å². The van der Waals surface area contributed by atoms with Crippen molar-refractivity contribution in [1.82, 2.24) is 5.32 Å². The second-order valence-corrected chi connectivity index (χ2v) is 3.90. The molecule has 1 aromatic heterocycles. The number of ether oxygens (including phenoxy) is 1. The van der Waals surface area contributed by atoms with Gasteiger partial charge in [-0.05, 0) is 32.4 Å². The van der Waals surface area contributed by atoms with E-state index in [1.807, 2.05) is 19.1 Å². The third-order valence-corrected chi connectivity index (χ3v) is 2.60. The molecule has 0 aliphatic carbocycles. The highest BCUT2D eigenvalue weighted by molar-refractivity contribution is 5.09. The fourth-order valence-corrected chi connectivity index (χ4v) is 1.79. The fraction of sp³-hybridized carbons (Fsp3) is 0.636. The van der Waals surface area contributed by atoms with E-state index in [1.54, 1.807) is 0 Å². The lowest BCUT2D eigenvalue weighted by Gasteiger charge is -2.15. The minimum atomic E-state index is 0.274. The summed E-state index contributed by atoms with van der Waals surface area (Å²) in [6.45, 7) is 5.79. The molecule has 0 spiro atoms. The molecule has 0 saturated carbocycles. The highest BCUT2D eigenvalue weighted by atomic mass is 16.5. The van der Waals surface area contributed by atoms with Crippen LogP contribution in [0.2, 0.25) is 0 Å². The van der Waals surface area contributed by atoms with Crippen LogP contribution < -0.4 is 5.32 Å². The predicted molar refractivity (Wildman–Crippen MR) is 54.2 cm³/mol. The lowest BCUT2D eigenvalue weighted by atomic mass is 10.2. The van der Waals surface area contributed by atoms with E-state index >= 15 is 0 Å². The standard InChI is InChI=1S/C11H17NO2/c1-8-3-4-11(14-8)9(2)12-10-5-6-13-7-10/h3-4,9-10,12H,5-7H2,1-2H3. The zero-order valence-electron chi connectivity index (χ0n) is 8.75. The number of hydrogen-bond acceptors (Lipinski definition) is 3. The van der Waals surface area contributed by atoms with Crippen molar-refractivity contribution in [3.8, 4) is 0 Å². The van der Waals surface area contributed by atoms with Crippen LogP contribution in [0.3, 0.4) is 0 Å². The van der Waals surface area contributed by atoms with Crippen LogP contribution in [0.5, 0.6) is 0 Å². The average Bonchev–Trinajstić information content (AvgIpc) is 2.75. The Morgan fingerprint density at radius 2 is 2.36 bits per heavy atom. The van der Waals surface area contributed by atoms with Crippen molar-refractivity contribution in [2.75, 3.05) is 13.2 Å². The van der Waals surface area contributed by atoms with Gasteiger partial charge in [-0.1, -0.05) is 0 Å². The van der Waals surface area contributed by atoms with Gasteiger partial charge in [-0.15, -0.1) is 0 Å². The Hall–Kier alpha value is -0.800. The molecule has 14 heavy (non-hydrogen) atoms. The third kappa shape index (κ3) is 2.16. The molecule has 1 fully saturated rings. The lowest BCUT2D eigenvalue weighted by Crippen LogP contribution is -2.31. The fourth-order valence-electron chi connectivity index (χ4n) is 1.79. The Balaban J connectivity index is 1.91. The van der Waals surface area contributed by atoms with Crippen molar-refractivity contribution in [3.05, 3.63) is 23.7 Å². The summed E-state index contributed by atoms with van der Waals surface area (Å²) in [6, 6.07) is 4.78. The molecule has 1 N–H and O–H groups in total. The molecule has 1 aliphatic rings. The Labute approximate surface area is 84.4 Å². The van der Waals surface area contributed by atoms with Gasteiger partial charge in [0.2, 0.25) is 0 Å². The first-order valence-corrected chi connectivity index (χ1v) is 5.16. The molecule has 0 radical (unpaired) electrons. The predicted octanol–water partition coefficient (Wildman–Crippen LogP) is 2.03. The molecule has 2 atom stereocenters. The number of furan rings is 1. The van der Waals surface area contributed by atoms with Crippen LogP contribution in [0, 0.1) is 6.92 Å². The van der Waals surface area contributed by atoms with Crippen molar-refractivity contribution in [1.29, 1.82) is 0 Å². The first-order valence-electron chi connectivity index (χ1n) is 5.16. The molecule has 3 heteroatoms. The van der Waals surface area contributed by atoms with Gasteiger partial charge in [0.25, 0.3) is 0 Å². The third-order valence-electron chi connectivity index (χ3n) is 2.60. The number of rotatable bonds is 3. The zero-order chi connectivity index (χ0) is 9.97. The van der Waals surface area contributed by atoms with E-state index in [-0.39, 0.29) is 6.04 Å². The van der Waals surface area contributed by atoms with Gasteiger partial charge < -0.3 is 14.5 Å². The van der Waals surface area contributed by atoms with Crippen molar-refractivity contribution in [3.63, 3.8) is 0 Å². The van der Waals surface area contributed by atoms with Crippen LogP contribution in [-0.2, 0) is 4.74 Å². The van der Waals surface area contributed by atoms with Crippen LogP contribution in [0.4, 0.5) is 0 Å². The maximum absolute atomic E-state index is 5.55. The van der Waals surface area contributed by atoms with E-state index in [1.165, 1.54) is 0 Å². The average molecular weight is 195 g/mol. The molecule has 2 heterocycles. The summed E-state index contributed by atoms with van der Waals surface area (Å²) in [7, 11) is 0. The zero-order valence-corrected chi connectivity index (χ0v) is 8.75. The summed E-state index contributed by atoms with van der Waals surface area (Å²) < 4.78 is 10.9. The second kappa shape index (κ2) is 4.15. The highest BCUT2D eigenvalue weighted by Gasteiger charge is 2.19. The molecule has 0 bridgehead atoms. The van der Waals surface area contributed by atoms with Crippen LogP contribution in [-0.4, -0.2) is 19.3 Å². The van der Waals surface area contributed by atoms with E-state index in [2.05, 4.69) is 12.2 Å². The number of aryl methyl sites for hydroxylation is 1. The van der Waals surface area contributed by atoms with Crippen LogP contribution in [0.15, 0.2) is 16.5 Å². The topological polar surface area (TPSA) is 34.4 Å². The first-order chi connectivity index (χ1) is 6.75. The Morgan fingerprint density at radius 1 is 1.50 bits per heavy atom. The molecule has 1 aliphatic heterocycles. The van der Waals surface area contributed by atoms with Crippen LogP contribution in [0.25, 0.3) is 0 Å². The molecular weight excluding hydrogens is 178 g/mol. The minimum Gasteiger partial charge on any atom is -0.465 e. The smallest absolute Gasteiger partial charge is 0.120 e. The summed E-state index contributed by atoms with van der Waals surface area (Å²) >= 11 is 0. The molecule has 78 valence electrons. The quantitative estimate of drug-likeness (QED) is 0.801. The molecule has 1 aromatic rings. The van der Waals surface area contributed by atoms with Gasteiger partial charge in [-0.2, -0.15) is 0 Å². The van der Waals surface area contributed by atoms with Gasteiger partial charge in [0, 0.05) is 12.6 Å². The summed E-state index contributed by atoms with van der Waals surface area (Å²) in [5.74, 6) is 1.98. The Bertz CT molecular complexity index is 289. The van der Waals surface area contributed by atoms with E-state index < -0.39 is 0 Å². The molecule has 2 rings (SSSR count). The maximum atomic E-state index is 5.55. The monoisotopic (exact) mass is 195 g/mol. The molecular formula is C11H17NO2. The van der Waals surface area contributed by atoms with Crippen molar-refractivity contribution >= 4 is 0 Å². The van der Waals surface area contributed by atoms with Gasteiger partial charge in [0.15, 0.2) is 0 Å². The van der Waals surface area contributed by atoms with Crippen molar-refractivity contribution < 1.29 is 9.15 Å². The van der Waals surface area contributed by atoms with Gasteiger partial charge in [0.1, 0.15) is 11.5 Å². The molecule has 1 saturated heterocycles. The maximum Gasteiger partial charge on any atom is 0.120 e. The van der Waals surface area contributed by atoms with Gasteiger partial charge >= 0.3 is 0 Å². The second-order valence-electron chi connectivity index (χ2n) is 3.90. The SMILES string of the molecule is Cc1ccc(C(C)NC2CCOC2)o1. The molecule has 0 amide bonds. The van der Waals surface area contributed by atoms with Crippen LogP contribution in [0.1, 0.15) is 30.9 Å². The van der Waals surface area contributed by atoms with Crippen LogP contribution >= 0.6 is 0 Å². The molecule has 2 unspecified atom stereocenters. The van der Waals surface area contributed by atoms with Gasteiger partial charge in [0.05, 0.1) is 12.6 Å². The largest absolute Gasteiger partial charge is 0.465 e. The summed E-state index contributed by atoms with van der Waals surface area (Å²) in [4.78, 5) is 0. The van der Waals surface area contributed by atoms with E-state index in [4.69, 9.17) is 9.15 Å². The Kier molecular flexibility index (Phi) is 2.89. The van der Waals surface area contributed by atoms with E-state index in [9.17, 15) is 0 Å². The van der Waals surface area contributed by atoms with Crippen molar-refractivity contribution in [2.45, 2.75) is 32.4 Å². The summed E-state index contributed by atoms with van der Waals surface area (Å²) in [6.07, 6.45) is 1.10. The van der Waals surface area contributed by atoms with Gasteiger partial charge in [-0.25, -0.2) is 0 Å². The highest BCUT2D eigenvalue weighted by Crippen LogP contribution is 2.17. The number of hydrogen-bond donors (Lipinski definition) is 1. The van der Waals surface area contributed by atoms with Gasteiger partial charge in [-0.3, -0.25) is 0 Å². The minimum absolute atomic E-state index is 0.274. The van der Waals surface area contributed by atoms with Crippen molar-refractivity contribution in [2.24, 2.45) is 0 Å². The molecule has 0 aromatic carbocycles. The summed E-state index contributed by atoms with van der Waals surface area (Å²) in [5, 5.41) is 3.49. The number of nitrogens with one attached hydrogen (secondary N) is 1. The summed E-state index contributed by atoms with van der Waals surface area (Å²) in [5.41, 5.74) is 0. The van der Waals surface area contributed by atoms with E-state index in [0.717, 1.165) is 31.2 Å². The molecule has 3 nitrogen and oxygen atoms in total. The lowest BCUT2D eigenvalue weighted by molar-refractivity contribution is 0.187. The Morgan fingerprint density at radius 3 is 2.93 bits per heavy atom. The first kappa shape index (κ1) is 9.74.